The first-order chi connectivity index (χ1) is 11.7. The molecule has 0 aromatic heterocycles. The molecule has 0 N–H and O–H groups in total. The van der Waals surface area contributed by atoms with E-state index >= 15 is 0 Å². The third-order valence-electron chi connectivity index (χ3n) is 5.40. The first kappa shape index (κ1) is 21.0. The van der Waals surface area contributed by atoms with Crippen LogP contribution in [0, 0.1) is 17.8 Å². The smallest absolute Gasteiger partial charge is 0.305 e. The first-order valence-electron chi connectivity index (χ1n) is 10.1. The van der Waals surface area contributed by atoms with Crippen LogP contribution in [0.2, 0.25) is 0 Å². The van der Waals surface area contributed by atoms with Crippen molar-refractivity contribution in [2.24, 2.45) is 17.8 Å². The van der Waals surface area contributed by atoms with Gasteiger partial charge in [0.05, 0.1) is 7.11 Å². The van der Waals surface area contributed by atoms with Crippen molar-refractivity contribution in [2.45, 2.75) is 84.5 Å². The lowest BCUT2D eigenvalue weighted by Crippen LogP contribution is -2.10. The van der Waals surface area contributed by atoms with Gasteiger partial charge in [-0.3, -0.25) is 4.79 Å². The Bertz CT molecular complexity index is 383. The predicted octanol–water partition coefficient (Wildman–Crippen LogP) is 6.46. The highest BCUT2D eigenvalue weighted by atomic mass is 16.5. The fourth-order valence-electron chi connectivity index (χ4n) is 3.75. The van der Waals surface area contributed by atoms with E-state index in [2.05, 4.69) is 42.9 Å². The zero-order chi connectivity index (χ0) is 17.6. The van der Waals surface area contributed by atoms with Crippen LogP contribution in [0.4, 0.5) is 0 Å². The summed E-state index contributed by atoms with van der Waals surface area (Å²) in [6.45, 7) is 4.67. The standard InChI is InChI=1S/C22H38O2/c1-4-5-6-7-8-11-14-20-18-17-19(2)21(20)15-12-9-10-13-16-22(23)24-3/h9,11-12,14,19-21H,4-8,10,13,15-18H2,1-3H3/t19?,20-,21-/m0/s1. The molecule has 3 atom stereocenters. The summed E-state index contributed by atoms with van der Waals surface area (Å²) in [6, 6.07) is 0. The third kappa shape index (κ3) is 8.70. The molecule has 2 nitrogen and oxygen atoms in total. The van der Waals surface area contributed by atoms with E-state index in [1.165, 1.54) is 58.5 Å². The second-order valence-corrected chi connectivity index (χ2v) is 7.34. The van der Waals surface area contributed by atoms with Crippen molar-refractivity contribution in [3.8, 4) is 0 Å². The molecule has 0 saturated heterocycles. The van der Waals surface area contributed by atoms with Gasteiger partial charge in [0.15, 0.2) is 0 Å². The molecule has 1 fully saturated rings. The van der Waals surface area contributed by atoms with Crippen molar-refractivity contribution in [1.82, 2.24) is 0 Å². The highest BCUT2D eigenvalue weighted by Gasteiger charge is 2.30. The number of hydrogen-bond donors (Lipinski definition) is 0. The number of methoxy groups -OCH3 is 1. The number of esters is 1. The molecule has 0 spiro atoms. The zero-order valence-electron chi connectivity index (χ0n) is 16.1. The van der Waals surface area contributed by atoms with Gasteiger partial charge in [0, 0.05) is 6.42 Å². The predicted molar refractivity (Wildman–Crippen MR) is 103 cm³/mol. The average Bonchev–Trinajstić information content (AvgIpc) is 2.94. The number of unbranched alkanes of at least 4 members (excludes halogenated alkanes) is 5. The lowest BCUT2D eigenvalue weighted by atomic mass is 9.87. The Hall–Kier alpha value is -1.05. The Labute approximate surface area is 149 Å². The largest absolute Gasteiger partial charge is 0.469 e. The summed E-state index contributed by atoms with van der Waals surface area (Å²) in [5.41, 5.74) is 0. The third-order valence-corrected chi connectivity index (χ3v) is 5.40. The number of carbonyl (C=O) groups is 1. The Kier molecular flexibility index (Phi) is 11.6. The number of allylic oxidation sites excluding steroid dienone is 4. The molecule has 0 bridgehead atoms. The highest BCUT2D eigenvalue weighted by Crippen LogP contribution is 2.40. The minimum Gasteiger partial charge on any atom is -0.469 e. The maximum atomic E-state index is 11.1. The van der Waals surface area contributed by atoms with Gasteiger partial charge in [-0.25, -0.2) is 0 Å². The summed E-state index contributed by atoms with van der Waals surface area (Å²) in [6.07, 6.45) is 22.5. The van der Waals surface area contributed by atoms with Gasteiger partial charge in [0.25, 0.3) is 0 Å². The van der Waals surface area contributed by atoms with Gasteiger partial charge in [-0.15, -0.1) is 0 Å². The molecule has 0 radical (unpaired) electrons. The molecule has 1 saturated carbocycles. The van der Waals surface area contributed by atoms with Crippen LogP contribution in [-0.4, -0.2) is 13.1 Å². The molecule has 0 aromatic carbocycles. The summed E-state index contributed by atoms with van der Waals surface area (Å²) in [4.78, 5) is 11.1. The van der Waals surface area contributed by atoms with Crippen LogP contribution in [0.25, 0.3) is 0 Å². The number of rotatable bonds is 12. The number of hydrogen-bond acceptors (Lipinski definition) is 2. The van der Waals surface area contributed by atoms with Crippen LogP contribution >= 0.6 is 0 Å². The van der Waals surface area contributed by atoms with Gasteiger partial charge in [-0.2, -0.15) is 0 Å². The van der Waals surface area contributed by atoms with Gasteiger partial charge in [0.2, 0.25) is 0 Å². The van der Waals surface area contributed by atoms with E-state index in [-0.39, 0.29) is 5.97 Å². The highest BCUT2D eigenvalue weighted by molar-refractivity contribution is 5.69. The van der Waals surface area contributed by atoms with Crippen molar-refractivity contribution < 1.29 is 9.53 Å². The second kappa shape index (κ2) is 13.3. The summed E-state index contributed by atoms with van der Waals surface area (Å²) < 4.78 is 4.66. The van der Waals surface area contributed by atoms with Crippen LogP contribution in [-0.2, 0) is 9.53 Å². The van der Waals surface area contributed by atoms with Gasteiger partial charge in [-0.05, 0) is 62.7 Å². The Morgan fingerprint density at radius 3 is 2.58 bits per heavy atom. The Morgan fingerprint density at radius 1 is 1.04 bits per heavy atom. The van der Waals surface area contributed by atoms with Crippen LogP contribution in [0.1, 0.15) is 84.5 Å². The SMILES string of the molecule is CCCCCCC=C[C@H]1CCC(C)[C@@H]1CC=CCCCC(=O)OC. The molecule has 2 heteroatoms. The van der Waals surface area contributed by atoms with Gasteiger partial charge in [-0.1, -0.05) is 57.4 Å². The summed E-state index contributed by atoms with van der Waals surface area (Å²) in [5.74, 6) is 2.30. The van der Waals surface area contributed by atoms with E-state index in [1.54, 1.807) is 0 Å². The summed E-state index contributed by atoms with van der Waals surface area (Å²) >= 11 is 0. The van der Waals surface area contributed by atoms with E-state index in [9.17, 15) is 4.79 Å². The molecule has 0 amide bonds. The van der Waals surface area contributed by atoms with Crippen molar-refractivity contribution in [2.75, 3.05) is 7.11 Å². The van der Waals surface area contributed by atoms with Crippen LogP contribution in [0.15, 0.2) is 24.3 Å². The molecule has 0 heterocycles. The maximum Gasteiger partial charge on any atom is 0.305 e. The number of ether oxygens (including phenoxy) is 1. The molecule has 24 heavy (non-hydrogen) atoms. The molecule has 1 unspecified atom stereocenters. The topological polar surface area (TPSA) is 26.3 Å². The lowest BCUT2D eigenvalue weighted by molar-refractivity contribution is -0.140. The minimum absolute atomic E-state index is 0.100. The molecule has 1 rings (SSSR count). The normalized spacial score (nSPS) is 24.2. The minimum atomic E-state index is -0.100. The van der Waals surface area contributed by atoms with Crippen molar-refractivity contribution in [1.29, 1.82) is 0 Å². The van der Waals surface area contributed by atoms with E-state index < -0.39 is 0 Å². The first-order valence-corrected chi connectivity index (χ1v) is 10.1. The Morgan fingerprint density at radius 2 is 1.83 bits per heavy atom. The van der Waals surface area contributed by atoms with E-state index in [0.29, 0.717) is 6.42 Å². The Balaban J connectivity index is 2.25. The van der Waals surface area contributed by atoms with E-state index in [1.807, 2.05) is 0 Å². The van der Waals surface area contributed by atoms with Crippen LogP contribution in [0.5, 0.6) is 0 Å². The fraction of sp³-hybridized carbons (Fsp3) is 0.773. The number of carbonyl (C=O) groups excluding carboxylic acids is 1. The van der Waals surface area contributed by atoms with Gasteiger partial charge < -0.3 is 4.74 Å². The summed E-state index contributed by atoms with van der Waals surface area (Å²) in [7, 11) is 1.46. The van der Waals surface area contributed by atoms with Crippen LogP contribution < -0.4 is 0 Å². The van der Waals surface area contributed by atoms with Gasteiger partial charge in [0.1, 0.15) is 0 Å². The average molecular weight is 335 g/mol. The quantitative estimate of drug-likeness (QED) is 0.232. The molecule has 1 aliphatic rings. The van der Waals surface area contributed by atoms with Crippen LogP contribution in [0.3, 0.4) is 0 Å². The monoisotopic (exact) mass is 334 g/mol. The van der Waals surface area contributed by atoms with Crippen molar-refractivity contribution >= 4 is 5.97 Å². The van der Waals surface area contributed by atoms with Crippen molar-refractivity contribution in [3.63, 3.8) is 0 Å². The zero-order valence-corrected chi connectivity index (χ0v) is 16.1. The molecule has 0 aromatic rings. The molecule has 1 aliphatic carbocycles. The molecule has 138 valence electrons. The molecule has 0 aliphatic heterocycles. The van der Waals surface area contributed by atoms with Crippen molar-refractivity contribution in [3.05, 3.63) is 24.3 Å². The molecular weight excluding hydrogens is 296 g/mol. The molecular formula is C22H38O2. The lowest BCUT2D eigenvalue weighted by Gasteiger charge is -2.18. The summed E-state index contributed by atoms with van der Waals surface area (Å²) in [5, 5.41) is 0. The second-order valence-electron chi connectivity index (χ2n) is 7.34. The fourth-order valence-corrected chi connectivity index (χ4v) is 3.75. The van der Waals surface area contributed by atoms with Gasteiger partial charge >= 0.3 is 5.97 Å². The van der Waals surface area contributed by atoms with E-state index in [0.717, 1.165) is 30.6 Å². The maximum absolute atomic E-state index is 11.1. The van der Waals surface area contributed by atoms with E-state index in [4.69, 9.17) is 0 Å².